The van der Waals surface area contributed by atoms with Gasteiger partial charge in [0.2, 0.25) is 0 Å². The quantitative estimate of drug-likeness (QED) is 0.758. The molecule has 0 aromatic heterocycles. The molecular weight excluding hydrogens is 238 g/mol. The molecule has 1 rings (SSSR count). The highest BCUT2D eigenvalue weighted by Crippen LogP contribution is 2.26. The summed E-state index contributed by atoms with van der Waals surface area (Å²) in [6.07, 6.45) is 1.41. The molecule has 1 aromatic rings. The Hall–Kier alpha value is -1.06. The first-order valence-electron chi connectivity index (χ1n) is 7.23. The van der Waals surface area contributed by atoms with E-state index in [1.807, 2.05) is 32.0 Å². The summed E-state index contributed by atoms with van der Waals surface area (Å²) in [6.45, 7) is 9.45. The first kappa shape index (κ1) is 16.0. The van der Waals surface area contributed by atoms with Crippen LogP contribution in [-0.4, -0.2) is 23.9 Å². The van der Waals surface area contributed by atoms with Crippen LogP contribution in [0, 0.1) is 0 Å². The Kier molecular flexibility index (Phi) is 6.32. The van der Waals surface area contributed by atoms with Gasteiger partial charge in [-0.25, -0.2) is 0 Å². The van der Waals surface area contributed by atoms with Crippen molar-refractivity contribution in [3.8, 4) is 5.75 Å². The summed E-state index contributed by atoms with van der Waals surface area (Å²) in [7, 11) is 0. The number of hydrogen-bond donors (Lipinski definition) is 2. The molecule has 0 saturated heterocycles. The zero-order chi connectivity index (χ0) is 14.3. The Morgan fingerprint density at radius 1 is 1.21 bits per heavy atom. The fourth-order valence-electron chi connectivity index (χ4n) is 2.05. The van der Waals surface area contributed by atoms with Crippen LogP contribution in [0.5, 0.6) is 5.75 Å². The molecule has 0 amide bonds. The molecule has 0 fully saturated rings. The number of hydrogen-bond acceptors (Lipinski definition) is 3. The minimum absolute atomic E-state index is 0.248. The molecule has 3 heteroatoms. The van der Waals surface area contributed by atoms with E-state index in [0.29, 0.717) is 19.4 Å². The Balaban J connectivity index is 2.78. The van der Waals surface area contributed by atoms with E-state index in [-0.39, 0.29) is 6.04 Å². The third-order valence-corrected chi connectivity index (χ3v) is 3.71. The second kappa shape index (κ2) is 7.51. The predicted octanol–water partition coefficient (Wildman–Crippen LogP) is 3.29. The molecule has 0 saturated carbocycles. The summed E-state index contributed by atoms with van der Waals surface area (Å²) in [5.74, 6) is 0.858. The Morgan fingerprint density at radius 3 is 2.42 bits per heavy atom. The van der Waals surface area contributed by atoms with Crippen LogP contribution >= 0.6 is 0 Å². The predicted molar refractivity (Wildman–Crippen MR) is 79.6 cm³/mol. The van der Waals surface area contributed by atoms with Crippen molar-refractivity contribution in [3.63, 3.8) is 0 Å². The minimum Gasteiger partial charge on any atom is -0.490 e. The third-order valence-electron chi connectivity index (χ3n) is 3.71. The summed E-state index contributed by atoms with van der Waals surface area (Å²) in [5.41, 5.74) is 0.410. The number of para-hydroxylation sites is 1. The molecule has 0 heterocycles. The van der Waals surface area contributed by atoms with Crippen molar-refractivity contribution in [2.45, 2.75) is 52.2 Å². The molecule has 19 heavy (non-hydrogen) atoms. The zero-order valence-corrected chi connectivity index (χ0v) is 12.6. The molecule has 3 nitrogen and oxygen atoms in total. The summed E-state index contributed by atoms with van der Waals surface area (Å²) in [6, 6.07) is 8.27. The molecular formula is C16H27NO2. The summed E-state index contributed by atoms with van der Waals surface area (Å²) < 4.78 is 5.86. The van der Waals surface area contributed by atoms with Crippen LogP contribution in [0.25, 0.3) is 0 Å². The molecule has 0 aliphatic heterocycles. The minimum atomic E-state index is -0.728. The van der Waals surface area contributed by atoms with Crippen molar-refractivity contribution < 1.29 is 9.84 Å². The average Bonchev–Trinajstić information content (AvgIpc) is 2.45. The molecule has 0 spiro atoms. The number of nitrogens with one attached hydrogen (secondary N) is 1. The number of rotatable bonds is 8. The molecule has 1 unspecified atom stereocenters. The fraction of sp³-hybridized carbons (Fsp3) is 0.625. The maximum absolute atomic E-state index is 10.3. The lowest BCUT2D eigenvalue weighted by Gasteiger charge is -2.26. The topological polar surface area (TPSA) is 41.5 Å². The number of ether oxygens (including phenoxy) is 1. The highest BCUT2D eigenvalue weighted by Gasteiger charge is 2.23. The lowest BCUT2D eigenvalue weighted by Crippen LogP contribution is -2.34. The first-order chi connectivity index (χ1) is 9.06. The Morgan fingerprint density at radius 2 is 1.84 bits per heavy atom. The largest absolute Gasteiger partial charge is 0.490 e. The van der Waals surface area contributed by atoms with Crippen LogP contribution in [0.4, 0.5) is 0 Å². The Bertz CT molecular complexity index is 375. The van der Waals surface area contributed by atoms with E-state index in [4.69, 9.17) is 4.74 Å². The van der Waals surface area contributed by atoms with Gasteiger partial charge in [0.05, 0.1) is 5.60 Å². The van der Waals surface area contributed by atoms with Gasteiger partial charge < -0.3 is 15.2 Å². The van der Waals surface area contributed by atoms with Crippen LogP contribution in [0.15, 0.2) is 24.3 Å². The monoisotopic (exact) mass is 265 g/mol. The average molecular weight is 265 g/mol. The second-order valence-corrected chi connectivity index (χ2v) is 5.04. The SMILES string of the molecule is CCNC(C)c1ccccc1OCC(O)(CC)CC. The van der Waals surface area contributed by atoms with Crippen LogP contribution in [0.3, 0.4) is 0 Å². The lowest BCUT2D eigenvalue weighted by atomic mass is 9.99. The summed E-state index contributed by atoms with van der Waals surface area (Å²) in [4.78, 5) is 0. The molecule has 108 valence electrons. The van der Waals surface area contributed by atoms with E-state index < -0.39 is 5.60 Å². The van der Waals surface area contributed by atoms with Gasteiger partial charge in [-0.3, -0.25) is 0 Å². The maximum atomic E-state index is 10.3. The zero-order valence-electron chi connectivity index (χ0n) is 12.6. The molecule has 1 aromatic carbocycles. The number of aliphatic hydroxyl groups is 1. The molecule has 0 aliphatic rings. The van der Waals surface area contributed by atoms with E-state index in [1.54, 1.807) is 0 Å². The third kappa shape index (κ3) is 4.51. The molecule has 1 atom stereocenters. The highest BCUT2D eigenvalue weighted by atomic mass is 16.5. The van der Waals surface area contributed by atoms with E-state index >= 15 is 0 Å². The van der Waals surface area contributed by atoms with E-state index in [2.05, 4.69) is 25.2 Å². The van der Waals surface area contributed by atoms with E-state index in [1.165, 1.54) is 0 Å². The number of benzene rings is 1. The lowest BCUT2D eigenvalue weighted by molar-refractivity contribution is -0.0117. The van der Waals surface area contributed by atoms with Crippen molar-refractivity contribution in [2.75, 3.05) is 13.2 Å². The van der Waals surface area contributed by atoms with Gasteiger partial charge in [-0.1, -0.05) is 39.0 Å². The fourth-order valence-corrected chi connectivity index (χ4v) is 2.05. The molecule has 2 N–H and O–H groups in total. The molecule has 0 radical (unpaired) electrons. The molecule has 0 bridgehead atoms. The van der Waals surface area contributed by atoms with E-state index in [9.17, 15) is 5.11 Å². The smallest absolute Gasteiger partial charge is 0.124 e. The highest BCUT2D eigenvalue weighted by molar-refractivity contribution is 5.35. The van der Waals surface area contributed by atoms with Crippen molar-refractivity contribution in [2.24, 2.45) is 0 Å². The van der Waals surface area contributed by atoms with Gasteiger partial charge in [0.25, 0.3) is 0 Å². The normalized spacial score (nSPS) is 13.3. The van der Waals surface area contributed by atoms with Gasteiger partial charge in [0.15, 0.2) is 0 Å². The van der Waals surface area contributed by atoms with Crippen LogP contribution in [0.1, 0.15) is 52.1 Å². The standard InChI is InChI=1S/C16H27NO2/c1-5-16(18,6-2)12-19-15-11-9-8-10-14(15)13(4)17-7-3/h8-11,13,17-18H,5-7,12H2,1-4H3. The van der Waals surface area contributed by atoms with Crippen molar-refractivity contribution in [3.05, 3.63) is 29.8 Å². The van der Waals surface area contributed by atoms with Gasteiger partial charge in [0.1, 0.15) is 12.4 Å². The van der Waals surface area contributed by atoms with Gasteiger partial charge in [-0.2, -0.15) is 0 Å². The van der Waals surface area contributed by atoms with Crippen LogP contribution < -0.4 is 10.1 Å². The summed E-state index contributed by atoms with van der Waals surface area (Å²) >= 11 is 0. The van der Waals surface area contributed by atoms with Crippen molar-refractivity contribution >= 4 is 0 Å². The maximum Gasteiger partial charge on any atom is 0.124 e. The van der Waals surface area contributed by atoms with Crippen molar-refractivity contribution in [1.29, 1.82) is 0 Å². The van der Waals surface area contributed by atoms with Crippen LogP contribution in [-0.2, 0) is 0 Å². The van der Waals surface area contributed by atoms with Gasteiger partial charge in [0, 0.05) is 11.6 Å². The Labute approximate surface area is 117 Å². The summed E-state index contributed by atoms with van der Waals surface area (Å²) in [5, 5.41) is 13.7. The first-order valence-corrected chi connectivity index (χ1v) is 7.23. The van der Waals surface area contributed by atoms with Gasteiger partial charge in [-0.05, 0) is 32.4 Å². The van der Waals surface area contributed by atoms with Gasteiger partial charge >= 0.3 is 0 Å². The van der Waals surface area contributed by atoms with Crippen molar-refractivity contribution in [1.82, 2.24) is 5.32 Å². The van der Waals surface area contributed by atoms with Gasteiger partial charge in [-0.15, -0.1) is 0 Å². The van der Waals surface area contributed by atoms with Crippen LogP contribution in [0.2, 0.25) is 0 Å². The van der Waals surface area contributed by atoms with E-state index in [0.717, 1.165) is 17.9 Å². The molecule has 0 aliphatic carbocycles. The second-order valence-electron chi connectivity index (χ2n) is 5.04.